The highest BCUT2D eigenvalue weighted by atomic mass is 14.4. The standard InChI is InChI=1S/C54H76/c1-15-47(40-22-18-16-19-23-40)48(42-27-31-44(32-28-42)52(6,7)8)37-35-46(54(12,13)14)38-50(41-24-20-17-21-25-41)49(36-26-39(2)51(3,4)5)43-29-33-45(34-30-43)53(9,10)11/h16-25,27-34,46-50H,2,15,26,35-38H2,1,3-14H3. The zero-order chi connectivity index (χ0) is 39.9. The van der Waals surface area contributed by atoms with Crippen LogP contribution in [-0.4, -0.2) is 0 Å². The molecule has 0 aliphatic heterocycles. The van der Waals surface area contributed by atoms with E-state index in [0.717, 1.165) is 19.3 Å². The van der Waals surface area contributed by atoms with Gasteiger partial charge in [-0.25, -0.2) is 0 Å². The Morgan fingerprint density at radius 1 is 0.463 bits per heavy atom. The SMILES string of the molecule is C=C(CCC(c1ccc(C(C)(C)C)cc1)C(CC(CCC(c1ccc(C(C)(C)C)cc1)C(CC)c1ccccc1)C(C)(C)C)c1ccccc1)C(C)(C)C. The van der Waals surface area contributed by atoms with Gasteiger partial charge in [0, 0.05) is 0 Å². The van der Waals surface area contributed by atoms with Gasteiger partial charge >= 0.3 is 0 Å². The highest BCUT2D eigenvalue weighted by Crippen LogP contribution is 2.49. The average Bonchev–Trinajstić information content (AvgIpc) is 3.11. The summed E-state index contributed by atoms with van der Waals surface area (Å²) in [5, 5.41) is 0. The average molecular weight is 725 g/mol. The van der Waals surface area contributed by atoms with Crippen molar-refractivity contribution < 1.29 is 0 Å². The summed E-state index contributed by atoms with van der Waals surface area (Å²) in [4.78, 5) is 0. The highest BCUT2D eigenvalue weighted by molar-refractivity contribution is 5.35. The second kappa shape index (κ2) is 18.0. The molecule has 4 rings (SSSR count). The summed E-state index contributed by atoms with van der Waals surface area (Å²) in [6.07, 6.45) is 6.83. The molecule has 0 fully saturated rings. The van der Waals surface area contributed by atoms with Crippen LogP contribution in [0.4, 0.5) is 0 Å². The zero-order valence-corrected chi connectivity index (χ0v) is 36.7. The van der Waals surface area contributed by atoms with Crippen LogP contribution >= 0.6 is 0 Å². The van der Waals surface area contributed by atoms with Gasteiger partial charge < -0.3 is 0 Å². The van der Waals surface area contributed by atoms with E-state index >= 15 is 0 Å². The molecule has 4 aromatic carbocycles. The van der Waals surface area contributed by atoms with Crippen LogP contribution in [0.3, 0.4) is 0 Å². The second-order valence-electron chi connectivity index (χ2n) is 20.7. The van der Waals surface area contributed by atoms with E-state index in [9.17, 15) is 0 Å². The second-order valence-corrected chi connectivity index (χ2v) is 20.7. The molecule has 0 aliphatic carbocycles. The molecule has 0 N–H and O–H groups in total. The predicted octanol–water partition coefficient (Wildman–Crippen LogP) is 16.3. The minimum atomic E-state index is 0.103. The lowest BCUT2D eigenvalue weighted by Crippen LogP contribution is -2.26. The molecule has 0 saturated heterocycles. The van der Waals surface area contributed by atoms with Crippen molar-refractivity contribution in [2.75, 3.05) is 0 Å². The number of hydrogen-bond acceptors (Lipinski definition) is 0. The summed E-state index contributed by atoms with van der Waals surface area (Å²) >= 11 is 0. The van der Waals surface area contributed by atoms with Gasteiger partial charge in [-0.05, 0) is 123 Å². The van der Waals surface area contributed by atoms with Gasteiger partial charge in [-0.1, -0.05) is 211 Å². The lowest BCUT2D eigenvalue weighted by atomic mass is 9.66. The number of benzene rings is 4. The van der Waals surface area contributed by atoms with E-state index in [1.54, 1.807) is 0 Å². The van der Waals surface area contributed by atoms with Crippen molar-refractivity contribution in [1.82, 2.24) is 0 Å². The molecule has 5 unspecified atom stereocenters. The maximum atomic E-state index is 4.62. The van der Waals surface area contributed by atoms with Crippen LogP contribution in [0.5, 0.6) is 0 Å². The normalized spacial score (nSPS) is 15.6. The van der Waals surface area contributed by atoms with Crippen molar-refractivity contribution in [3.8, 4) is 0 Å². The van der Waals surface area contributed by atoms with E-state index < -0.39 is 0 Å². The number of rotatable bonds is 15. The topological polar surface area (TPSA) is 0 Å². The Morgan fingerprint density at radius 3 is 1.22 bits per heavy atom. The highest BCUT2D eigenvalue weighted by Gasteiger charge is 2.35. The van der Waals surface area contributed by atoms with E-state index in [0.29, 0.717) is 29.6 Å². The first-order valence-electron chi connectivity index (χ1n) is 21.2. The number of hydrogen-bond donors (Lipinski definition) is 0. The van der Waals surface area contributed by atoms with Crippen LogP contribution in [0.15, 0.2) is 121 Å². The Bertz CT molecular complexity index is 1690. The molecule has 0 heterocycles. The van der Waals surface area contributed by atoms with Crippen LogP contribution in [0.25, 0.3) is 0 Å². The fourth-order valence-corrected chi connectivity index (χ4v) is 8.64. The summed E-state index contributed by atoms with van der Waals surface area (Å²) < 4.78 is 0. The summed E-state index contributed by atoms with van der Waals surface area (Å²) in [6, 6.07) is 42.2. The summed E-state index contributed by atoms with van der Waals surface area (Å²) in [6.45, 7) is 35.4. The summed E-state index contributed by atoms with van der Waals surface area (Å²) in [7, 11) is 0. The van der Waals surface area contributed by atoms with Gasteiger partial charge in [0.05, 0.1) is 0 Å². The van der Waals surface area contributed by atoms with Crippen molar-refractivity contribution in [3.05, 3.63) is 155 Å². The molecule has 0 aromatic heterocycles. The van der Waals surface area contributed by atoms with Gasteiger partial charge in [-0.2, -0.15) is 0 Å². The quantitative estimate of drug-likeness (QED) is 0.107. The lowest BCUT2D eigenvalue weighted by Gasteiger charge is -2.39. The maximum Gasteiger partial charge on any atom is -0.00899 e. The number of allylic oxidation sites excluding steroid dienone is 1. The monoisotopic (exact) mass is 725 g/mol. The molecule has 54 heavy (non-hydrogen) atoms. The van der Waals surface area contributed by atoms with E-state index in [2.05, 4.69) is 206 Å². The van der Waals surface area contributed by atoms with Crippen LogP contribution in [0, 0.1) is 16.7 Å². The third kappa shape index (κ3) is 11.8. The Labute approximate surface area is 333 Å². The summed E-state index contributed by atoms with van der Waals surface area (Å²) in [5.74, 6) is 2.30. The van der Waals surface area contributed by atoms with Crippen LogP contribution < -0.4 is 0 Å². The first-order chi connectivity index (χ1) is 25.2. The van der Waals surface area contributed by atoms with E-state index in [1.807, 2.05) is 0 Å². The van der Waals surface area contributed by atoms with Gasteiger partial charge in [0.2, 0.25) is 0 Å². The molecule has 0 aliphatic rings. The molecular weight excluding hydrogens is 649 g/mol. The molecule has 4 aromatic rings. The van der Waals surface area contributed by atoms with Crippen molar-refractivity contribution in [3.63, 3.8) is 0 Å². The maximum absolute atomic E-state index is 4.62. The Morgan fingerprint density at radius 2 is 0.852 bits per heavy atom. The molecule has 0 spiro atoms. The van der Waals surface area contributed by atoms with E-state index in [4.69, 9.17) is 0 Å². The first-order valence-corrected chi connectivity index (χ1v) is 21.2. The third-order valence-corrected chi connectivity index (χ3v) is 12.7. The Kier molecular flexibility index (Phi) is 14.5. The van der Waals surface area contributed by atoms with Crippen molar-refractivity contribution >= 4 is 0 Å². The molecule has 0 saturated carbocycles. The third-order valence-electron chi connectivity index (χ3n) is 12.7. The van der Waals surface area contributed by atoms with Crippen molar-refractivity contribution in [2.45, 2.75) is 163 Å². The smallest absolute Gasteiger partial charge is 0.00899 e. The van der Waals surface area contributed by atoms with Crippen molar-refractivity contribution in [1.29, 1.82) is 0 Å². The van der Waals surface area contributed by atoms with E-state index in [1.165, 1.54) is 58.2 Å². The van der Waals surface area contributed by atoms with Crippen LogP contribution in [0.1, 0.15) is 186 Å². The van der Waals surface area contributed by atoms with Gasteiger partial charge in [0.15, 0.2) is 0 Å². The Balaban J connectivity index is 1.77. The Hall–Kier alpha value is -3.38. The summed E-state index contributed by atoms with van der Waals surface area (Å²) in [5.41, 5.74) is 10.6. The molecule has 5 atom stereocenters. The van der Waals surface area contributed by atoms with Gasteiger partial charge in [0.25, 0.3) is 0 Å². The first kappa shape index (κ1) is 43.3. The minimum Gasteiger partial charge on any atom is -0.0993 e. The molecular formula is C54H76. The lowest BCUT2D eigenvalue weighted by molar-refractivity contribution is 0.181. The van der Waals surface area contributed by atoms with Gasteiger partial charge in [0.1, 0.15) is 0 Å². The molecule has 0 bridgehead atoms. The molecule has 0 nitrogen and oxygen atoms in total. The van der Waals surface area contributed by atoms with Crippen LogP contribution in [0.2, 0.25) is 0 Å². The minimum absolute atomic E-state index is 0.103. The molecule has 0 radical (unpaired) electrons. The van der Waals surface area contributed by atoms with Crippen LogP contribution in [-0.2, 0) is 10.8 Å². The van der Waals surface area contributed by atoms with E-state index in [-0.39, 0.29) is 21.7 Å². The fraction of sp³-hybridized carbons (Fsp3) is 0.519. The van der Waals surface area contributed by atoms with Crippen molar-refractivity contribution in [2.24, 2.45) is 16.7 Å². The predicted molar refractivity (Wildman–Crippen MR) is 239 cm³/mol. The molecule has 0 amide bonds. The zero-order valence-electron chi connectivity index (χ0n) is 36.7. The molecule has 0 heteroatoms. The largest absolute Gasteiger partial charge is 0.0993 e. The van der Waals surface area contributed by atoms with Gasteiger partial charge in [-0.15, -0.1) is 0 Å². The molecule has 292 valence electrons. The fourth-order valence-electron chi connectivity index (χ4n) is 8.64. The van der Waals surface area contributed by atoms with Gasteiger partial charge in [-0.3, -0.25) is 0 Å².